The summed E-state index contributed by atoms with van der Waals surface area (Å²) in [5.74, 6) is 0.695. The smallest absolute Gasteiger partial charge is 0.252 e. The SMILES string of the molecule is CCOc1ccc2[nH]c(=O)c(CN(C[C@H]3CCCO3)S(=O)(=O)c3ccccc3)cc2c1. The molecule has 2 heterocycles. The minimum absolute atomic E-state index is 0.0405. The number of hydrogen-bond donors (Lipinski definition) is 1. The highest BCUT2D eigenvalue weighted by atomic mass is 32.2. The highest BCUT2D eigenvalue weighted by Crippen LogP contribution is 2.23. The fraction of sp³-hybridized carbons (Fsp3) is 0.348. The summed E-state index contributed by atoms with van der Waals surface area (Å²) in [6.45, 7) is 3.22. The molecule has 1 saturated heterocycles. The van der Waals surface area contributed by atoms with Crippen LogP contribution in [0.4, 0.5) is 0 Å². The number of sulfonamides is 1. The van der Waals surface area contributed by atoms with Gasteiger partial charge < -0.3 is 14.5 Å². The van der Waals surface area contributed by atoms with Crippen molar-refractivity contribution in [3.05, 3.63) is 70.5 Å². The van der Waals surface area contributed by atoms with Crippen molar-refractivity contribution in [2.45, 2.75) is 37.3 Å². The third-order valence-electron chi connectivity index (χ3n) is 5.36. The fourth-order valence-corrected chi connectivity index (χ4v) is 5.27. The number of nitrogens with one attached hydrogen (secondary N) is 1. The van der Waals surface area contributed by atoms with E-state index in [2.05, 4.69) is 4.98 Å². The molecule has 3 aromatic rings. The molecule has 0 aliphatic carbocycles. The molecule has 2 aromatic carbocycles. The van der Waals surface area contributed by atoms with E-state index in [-0.39, 0.29) is 29.6 Å². The van der Waals surface area contributed by atoms with Gasteiger partial charge >= 0.3 is 0 Å². The van der Waals surface area contributed by atoms with Crippen LogP contribution < -0.4 is 10.3 Å². The van der Waals surface area contributed by atoms with Gasteiger partial charge in [-0.05, 0) is 56.2 Å². The molecule has 0 bridgehead atoms. The predicted molar refractivity (Wildman–Crippen MR) is 119 cm³/mol. The topological polar surface area (TPSA) is 88.7 Å². The van der Waals surface area contributed by atoms with E-state index in [1.807, 2.05) is 13.0 Å². The van der Waals surface area contributed by atoms with Gasteiger partial charge in [0.05, 0.1) is 17.6 Å². The second-order valence-electron chi connectivity index (χ2n) is 7.55. The molecule has 31 heavy (non-hydrogen) atoms. The maximum atomic E-state index is 13.4. The molecule has 4 rings (SSSR count). The second-order valence-corrected chi connectivity index (χ2v) is 9.49. The van der Waals surface area contributed by atoms with Crippen LogP contribution in [0.3, 0.4) is 0 Å². The van der Waals surface area contributed by atoms with Gasteiger partial charge in [-0.1, -0.05) is 18.2 Å². The maximum Gasteiger partial charge on any atom is 0.252 e. The summed E-state index contributed by atoms with van der Waals surface area (Å²) in [5, 5.41) is 0.787. The number of nitrogens with zero attached hydrogens (tertiary/aromatic N) is 1. The number of aromatic amines is 1. The lowest BCUT2D eigenvalue weighted by atomic mass is 10.1. The largest absolute Gasteiger partial charge is 0.494 e. The Balaban J connectivity index is 1.71. The first-order valence-corrected chi connectivity index (χ1v) is 11.9. The number of pyridine rings is 1. The molecule has 1 N–H and O–H groups in total. The summed E-state index contributed by atoms with van der Waals surface area (Å²) in [4.78, 5) is 15.8. The van der Waals surface area contributed by atoms with Crippen molar-refractivity contribution in [2.24, 2.45) is 0 Å². The van der Waals surface area contributed by atoms with Gasteiger partial charge in [0.25, 0.3) is 5.56 Å². The third-order valence-corrected chi connectivity index (χ3v) is 7.19. The molecule has 0 saturated carbocycles. The van der Waals surface area contributed by atoms with E-state index in [0.29, 0.717) is 30.0 Å². The Bertz CT molecular complexity index is 1200. The van der Waals surface area contributed by atoms with Gasteiger partial charge in [0.15, 0.2) is 0 Å². The molecule has 1 atom stereocenters. The fourth-order valence-electron chi connectivity index (χ4n) is 3.80. The van der Waals surface area contributed by atoms with E-state index in [9.17, 15) is 13.2 Å². The molecule has 0 amide bonds. The maximum absolute atomic E-state index is 13.4. The zero-order chi connectivity index (χ0) is 21.8. The van der Waals surface area contributed by atoms with Crippen LogP contribution in [0.15, 0.2) is 64.3 Å². The van der Waals surface area contributed by atoms with Crippen molar-refractivity contribution >= 4 is 20.9 Å². The summed E-state index contributed by atoms with van der Waals surface area (Å²) in [6, 6.07) is 15.4. The number of benzene rings is 2. The van der Waals surface area contributed by atoms with E-state index in [0.717, 1.165) is 18.2 Å². The number of aromatic nitrogens is 1. The average molecular weight is 443 g/mol. The van der Waals surface area contributed by atoms with E-state index < -0.39 is 10.0 Å². The zero-order valence-corrected chi connectivity index (χ0v) is 18.2. The van der Waals surface area contributed by atoms with Crippen LogP contribution in [0.5, 0.6) is 5.75 Å². The van der Waals surface area contributed by atoms with E-state index in [4.69, 9.17) is 9.47 Å². The molecule has 1 fully saturated rings. The average Bonchev–Trinajstić information content (AvgIpc) is 3.28. The summed E-state index contributed by atoms with van der Waals surface area (Å²) in [6.07, 6.45) is 1.52. The Kier molecular flexibility index (Phi) is 6.41. The first-order valence-electron chi connectivity index (χ1n) is 10.4. The Morgan fingerprint density at radius 2 is 1.97 bits per heavy atom. The van der Waals surface area contributed by atoms with Crippen molar-refractivity contribution in [3.8, 4) is 5.75 Å². The number of hydrogen-bond acceptors (Lipinski definition) is 5. The Hall–Kier alpha value is -2.68. The van der Waals surface area contributed by atoms with Gasteiger partial charge in [-0.2, -0.15) is 4.31 Å². The normalized spacial score (nSPS) is 16.8. The van der Waals surface area contributed by atoms with Crippen LogP contribution in [0.25, 0.3) is 10.9 Å². The van der Waals surface area contributed by atoms with Gasteiger partial charge in [0, 0.05) is 36.2 Å². The summed E-state index contributed by atoms with van der Waals surface area (Å²) in [7, 11) is -3.80. The van der Waals surface area contributed by atoms with Crippen LogP contribution >= 0.6 is 0 Å². The number of H-pyrrole nitrogens is 1. The summed E-state index contributed by atoms with van der Waals surface area (Å²) < 4.78 is 39.3. The van der Waals surface area contributed by atoms with Crippen molar-refractivity contribution in [3.63, 3.8) is 0 Å². The minimum atomic E-state index is -3.80. The standard InChI is InChI=1S/C23H26N2O5S/c1-2-29-19-10-11-22-17(14-19)13-18(23(26)24-22)15-25(16-20-7-6-12-30-20)31(27,28)21-8-4-3-5-9-21/h3-5,8-11,13-14,20H,2,6-7,12,15-16H2,1H3,(H,24,26)/t20-/m1/s1. The van der Waals surface area contributed by atoms with Crippen molar-refractivity contribution in [1.29, 1.82) is 0 Å². The van der Waals surface area contributed by atoms with Crippen molar-refractivity contribution < 1.29 is 17.9 Å². The number of fused-ring (bicyclic) bond motifs is 1. The molecule has 7 nitrogen and oxygen atoms in total. The van der Waals surface area contributed by atoms with E-state index in [1.165, 1.54) is 4.31 Å². The summed E-state index contributed by atoms with van der Waals surface area (Å²) in [5.41, 5.74) is 0.740. The quantitative estimate of drug-likeness (QED) is 0.578. The third kappa shape index (κ3) is 4.81. The Morgan fingerprint density at radius 1 is 1.16 bits per heavy atom. The molecular formula is C23H26N2O5S. The van der Waals surface area contributed by atoms with E-state index in [1.54, 1.807) is 48.5 Å². The number of rotatable bonds is 8. The lowest BCUT2D eigenvalue weighted by Gasteiger charge is -2.25. The molecule has 1 aliphatic rings. The monoisotopic (exact) mass is 442 g/mol. The molecule has 164 valence electrons. The van der Waals surface area contributed by atoms with Gasteiger partial charge in [0.1, 0.15) is 5.75 Å². The minimum Gasteiger partial charge on any atom is -0.494 e. The van der Waals surface area contributed by atoms with Crippen molar-refractivity contribution in [1.82, 2.24) is 9.29 Å². The molecule has 0 unspecified atom stereocenters. The molecule has 8 heteroatoms. The highest BCUT2D eigenvalue weighted by Gasteiger charge is 2.29. The molecule has 1 aromatic heterocycles. The van der Waals surface area contributed by atoms with Crippen LogP contribution in [0, 0.1) is 0 Å². The second kappa shape index (κ2) is 9.21. The lowest BCUT2D eigenvalue weighted by molar-refractivity contribution is 0.0925. The summed E-state index contributed by atoms with van der Waals surface area (Å²) >= 11 is 0. The van der Waals surface area contributed by atoms with E-state index >= 15 is 0 Å². The van der Waals surface area contributed by atoms with Crippen LogP contribution in [-0.4, -0.2) is 43.6 Å². The van der Waals surface area contributed by atoms with Crippen LogP contribution in [-0.2, 0) is 21.3 Å². The predicted octanol–water partition coefficient (Wildman–Crippen LogP) is 3.30. The molecule has 1 aliphatic heterocycles. The van der Waals surface area contributed by atoms with Gasteiger partial charge in [-0.3, -0.25) is 4.79 Å². The highest BCUT2D eigenvalue weighted by molar-refractivity contribution is 7.89. The number of ether oxygens (including phenoxy) is 2. The Morgan fingerprint density at radius 3 is 2.68 bits per heavy atom. The van der Waals surface area contributed by atoms with Gasteiger partial charge in [-0.15, -0.1) is 0 Å². The lowest BCUT2D eigenvalue weighted by Crippen LogP contribution is -2.38. The molecule has 0 spiro atoms. The van der Waals surface area contributed by atoms with Crippen LogP contribution in [0.2, 0.25) is 0 Å². The van der Waals surface area contributed by atoms with Gasteiger partial charge in [0.2, 0.25) is 10.0 Å². The van der Waals surface area contributed by atoms with Crippen molar-refractivity contribution in [2.75, 3.05) is 19.8 Å². The molecular weight excluding hydrogens is 416 g/mol. The first-order chi connectivity index (χ1) is 15.0. The first kappa shape index (κ1) is 21.5. The zero-order valence-electron chi connectivity index (χ0n) is 17.4. The van der Waals surface area contributed by atoms with Gasteiger partial charge in [-0.25, -0.2) is 8.42 Å². The Labute approximate surface area is 181 Å². The molecule has 0 radical (unpaired) electrons. The van der Waals surface area contributed by atoms with Crippen LogP contribution in [0.1, 0.15) is 25.3 Å².